The van der Waals surface area contributed by atoms with E-state index in [4.69, 9.17) is 0 Å². The first-order valence-corrected chi connectivity index (χ1v) is 6.74. The van der Waals surface area contributed by atoms with Gasteiger partial charge in [0.25, 0.3) is 5.92 Å². The van der Waals surface area contributed by atoms with E-state index in [2.05, 4.69) is 5.10 Å². The lowest BCUT2D eigenvalue weighted by Gasteiger charge is -2.36. The summed E-state index contributed by atoms with van der Waals surface area (Å²) < 4.78 is 27.7. The van der Waals surface area contributed by atoms with Crippen molar-refractivity contribution in [1.82, 2.24) is 5.01 Å². The zero-order valence-electron chi connectivity index (χ0n) is 12.2. The average Bonchev–Trinajstić information content (AvgIpc) is 2.78. The summed E-state index contributed by atoms with van der Waals surface area (Å²) in [6.45, 7) is 3.75. The minimum atomic E-state index is -3.49. The SMILES string of the molecule is CC(C)C(=O)N1N=C(c2ccccc2)C[C@@]1(O)C(C)(F)F. The molecule has 0 saturated carbocycles. The zero-order chi connectivity index (χ0) is 15.8. The number of nitrogens with zero attached hydrogens (tertiary/aromatic N) is 2. The van der Waals surface area contributed by atoms with E-state index < -0.39 is 29.9 Å². The molecule has 4 nitrogen and oxygen atoms in total. The van der Waals surface area contributed by atoms with E-state index in [1.54, 1.807) is 44.2 Å². The molecule has 2 rings (SSSR count). The Morgan fingerprint density at radius 3 is 2.43 bits per heavy atom. The van der Waals surface area contributed by atoms with Crippen molar-refractivity contribution in [3.8, 4) is 0 Å². The fourth-order valence-corrected chi connectivity index (χ4v) is 2.15. The molecule has 1 aromatic carbocycles. The van der Waals surface area contributed by atoms with E-state index in [0.29, 0.717) is 17.5 Å². The van der Waals surface area contributed by atoms with Gasteiger partial charge in [-0.2, -0.15) is 10.1 Å². The molecule has 0 saturated heterocycles. The quantitative estimate of drug-likeness (QED) is 0.932. The van der Waals surface area contributed by atoms with Gasteiger partial charge < -0.3 is 5.11 Å². The van der Waals surface area contributed by atoms with Gasteiger partial charge in [-0.25, -0.2) is 8.78 Å². The molecule has 1 atom stereocenters. The molecule has 0 radical (unpaired) electrons. The third-order valence-corrected chi connectivity index (χ3v) is 3.50. The maximum Gasteiger partial charge on any atom is 0.294 e. The highest BCUT2D eigenvalue weighted by Crippen LogP contribution is 2.40. The highest BCUT2D eigenvalue weighted by Gasteiger charge is 2.59. The van der Waals surface area contributed by atoms with Gasteiger partial charge in [0.05, 0.1) is 5.71 Å². The van der Waals surface area contributed by atoms with Gasteiger partial charge in [0.2, 0.25) is 11.6 Å². The number of halogens is 2. The number of carbonyl (C=O) groups is 1. The number of benzene rings is 1. The first kappa shape index (κ1) is 15.6. The smallest absolute Gasteiger partial charge is 0.294 e. The number of aliphatic hydroxyl groups is 1. The summed E-state index contributed by atoms with van der Waals surface area (Å²) in [6.07, 6.45) is -0.404. The van der Waals surface area contributed by atoms with Crippen LogP contribution < -0.4 is 0 Å². The first-order valence-electron chi connectivity index (χ1n) is 6.74. The summed E-state index contributed by atoms with van der Waals surface area (Å²) in [5, 5.41) is 14.9. The van der Waals surface area contributed by atoms with Gasteiger partial charge in [-0.15, -0.1) is 0 Å². The number of rotatable bonds is 3. The Bertz CT molecular complexity index is 567. The molecule has 0 aromatic heterocycles. The fourth-order valence-electron chi connectivity index (χ4n) is 2.15. The van der Waals surface area contributed by atoms with E-state index in [9.17, 15) is 18.7 Å². The Hall–Kier alpha value is -1.82. The molecule has 6 heteroatoms. The number of hydrogen-bond donors (Lipinski definition) is 1. The van der Waals surface area contributed by atoms with Crippen molar-refractivity contribution >= 4 is 11.6 Å². The molecule has 1 aliphatic rings. The summed E-state index contributed by atoms with van der Waals surface area (Å²) in [4.78, 5) is 12.1. The monoisotopic (exact) mass is 296 g/mol. The van der Waals surface area contributed by atoms with Crippen molar-refractivity contribution in [2.75, 3.05) is 0 Å². The van der Waals surface area contributed by atoms with Crippen LogP contribution in [0.3, 0.4) is 0 Å². The molecule has 1 aromatic rings. The van der Waals surface area contributed by atoms with Crippen molar-refractivity contribution in [2.24, 2.45) is 11.0 Å². The first-order chi connectivity index (χ1) is 9.67. The maximum atomic E-state index is 13.9. The van der Waals surface area contributed by atoms with Gasteiger partial charge in [-0.05, 0) is 5.56 Å². The average molecular weight is 296 g/mol. The molecule has 1 heterocycles. The highest BCUT2D eigenvalue weighted by atomic mass is 19.3. The summed E-state index contributed by atoms with van der Waals surface area (Å²) in [6, 6.07) is 8.69. The largest absolute Gasteiger partial charge is 0.364 e. The van der Waals surface area contributed by atoms with Crippen LogP contribution in [0.15, 0.2) is 35.4 Å². The van der Waals surface area contributed by atoms with Crippen LogP contribution in [0.1, 0.15) is 32.8 Å². The standard InChI is InChI=1S/C15H18F2N2O2/c1-10(2)13(20)19-15(21,14(3,16)17)9-12(18-19)11-7-5-4-6-8-11/h4-8,10,21H,9H2,1-3H3/t15-/m1/s1. The van der Waals surface area contributed by atoms with Gasteiger partial charge in [0.1, 0.15) is 0 Å². The minimum Gasteiger partial charge on any atom is -0.364 e. The van der Waals surface area contributed by atoms with Gasteiger partial charge in [0, 0.05) is 19.3 Å². The summed E-state index contributed by atoms with van der Waals surface area (Å²) in [5.41, 5.74) is -1.74. The third-order valence-electron chi connectivity index (χ3n) is 3.50. The van der Waals surface area contributed by atoms with E-state index in [1.807, 2.05) is 0 Å². The van der Waals surface area contributed by atoms with Crippen LogP contribution in [0, 0.1) is 5.92 Å². The number of amides is 1. The predicted octanol–water partition coefficient (Wildman–Crippen LogP) is 2.62. The van der Waals surface area contributed by atoms with Gasteiger partial charge in [0.15, 0.2) is 0 Å². The molecule has 0 fully saturated rings. The maximum absolute atomic E-state index is 13.9. The number of hydrazone groups is 1. The lowest BCUT2D eigenvalue weighted by Crippen LogP contribution is -2.58. The highest BCUT2D eigenvalue weighted by molar-refractivity contribution is 6.03. The van der Waals surface area contributed by atoms with E-state index in [1.165, 1.54) is 0 Å². The van der Waals surface area contributed by atoms with Crippen LogP contribution >= 0.6 is 0 Å². The Labute approximate surface area is 122 Å². The van der Waals surface area contributed by atoms with Gasteiger partial charge in [-0.1, -0.05) is 44.2 Å². The molecule has 21 heavy (non-hydrogen) atoms. The molecular formula is C15H18F2N2O2. The topological polar surface area (TPSA) is 52.9 Å². The third kappa shape index (κ3) is 2.68. The Kier molecular flexibility index (Phi) is 3.84. The van der Waals surface area contributed by atoms with Crippen LogP contribution in [0.2, 0.25) is 0 Å². The molecule has 1 N–H and O–H groups in total. The van der Waals surface area contributed by atoms with Crippen molar-refractivity contribution in [2.45, 2.75) is 38.8 Å². The van der Waals surface area contributed by atoms with Gasteiger partial charge in [-0.3, -0.25) is 4.79 Å². The summed E-state index contributed by atoms with van der Waals surface area (Å²) in [7, 11) is 0. The second-order valence-corrected chi connectivity index (χ2v) is 5.60. The van der Waals surface area contributed by atoms with Crippen LogP contribution in [0.5, 0.6) is 0 Å². The van der Waals surface area contributed by atoms with Gasteiger partial charge >= 0.3 is 0 Å². The minimum absolute atomic E-state index is 0.272. The van der Waals surface area contributed by atoms with Crippen LogP contribution in [-0.4, -0.2) is 33.4 Å². The lowest BCUT2D eigenvalue weighted by atomic mass is 9.96. The molecule has 0 unspecified atom stereocenters. The van der Waals surface area contributed by atoms with E-state index in [-0.39, 0.29) is 5.71 Å². The van der Waals surface area contributed by atoms with E-state index >= 15 is 0 Å². The summed E-state index contributed by atoms with van der Waals surface area (Å²) in [5.74, 6) is -4.67. The molecule has 114 valence electrons. The number of hydrogen-bond acceptors (Lipinski definition) is 3. The number of carbonyl (C=O) groups excluding carboxylic acids is 1. The van der Waals surface area contributed by atoms with Crippen LogP contribution in [0.4, 0.5) is 8.78 Å². The lowest BCUT2D eigenvalue weighted by molar-refractivity contribution is -0.236. The molecule has 1 amide bonds. The van der Waals surface area contributed by atoms with Crippen molar-refractivity contribution in [3.05, 3.63) is 35.9 Å². The Morgan fingerprint density at radius 2 is 1.95 bits per heavy atom. The molecule has 0 spiro atoms. The van der Waals surface area contributed by atoms with Crippen molar-refractivity contribution in [1.29, 1.82) is 0 Å². The molecule has 1 aliphatic heterocycles. The normalized spacial score (nSPS) is 22.6. The molecular weight excluding hydrogens is 278 g/mol. The zero-order valence-corrected chi connectivity index (χ0v) is 12.2. The second-order valence-electron chi connectivity index (χ2n) is 5.60. The number of alkyl halides is 2. The van der Waals surface area contributed by atoms with Crippen molar-refractivity contribution < 1.29 is 18.7 Å². The second kappa shape index (κ2) is 5.18. The van der Waals surface area contributed by atoms with Crippen molar-refractivity contribution in [3.63, 3.8) is 0 Å². The predicted molar refractivity (Wildman–Crippen MR) is 74.9 cm³/mol. The van der Waals surface area contributed by atoms with Crippen LogP contribution in [-0.2, 0) is 4.79 Å². The fraction of sp³-hybridized carbons (Fsp3) is 0.467. The molecule has 0 bridgehead atoms. The summed E-state index contributed by atoms with van der Waals surface area (Å²) >= 11 is 0. The van der Waals surface area contributed by atoms with Crippen LogP contribution in [0.25, 0.3) is 0 Å². The van der Waals surface area contributed by atoms with E-state index in [0.717, 1.165) is 0 Å². The Morgan fingerprint density at radius 1 is 1.38 bits per heavy atom. The molecule has 0 aliphatic carbocycles. The Balaban J connectivity index is 2.45.